The molecular formula is C24H30N2O7. The number of ether oxygens (including phenoxy) is 1. The Balaban J connectivity index is 1.82. The van der Waals surface area contributed by atoms with Crippen LogP contribution in [0, 0.1) is 0 Å². The lowest BCUT2D eigenvalue weighted by molar-refractivity contribution is -0.147. The number of benzene rings is 2. The molecule has 2 amide bonds. The standard InChI is InChI=1S/C24H30N2O7/c1-16(27)26-18(11-13-22(29)24(31)32)10-12-19(28)15-25-23(30)17-6-5-9-21(14-17)33-20-7-3-2-4-8-20/h2-9,14,18-19,22,28-29H,10-13,15H2,1H3,(H,25,30)(H,26,27)(H,31,32). The van der Waals surface area contributed by atoms with Crippen molar-refractivity contribution in [3.8, 4) is 11.5 Å². The topological polar surface area (TPSA) is 145 Å². The van der Waals surface area contributed by atoms with Crippen LogP contribution < -0.4 is 15.4 Å². The van der Waals surface area contributed by atoms with E-state index in [9.17, 15) is 24.6 Å². The summed E-state index contributed by atoms with van der Waals surface area (Å²) in [5, 5.41) is 33.8. The number of carboxylic acid groups (broad SMARTS) is 1. The highest BCUT2D eigenvalue weighted by atomic mass is 16.5. The molecule has 0 fully saturated rings. The Kier molecular flexibility index (Phi) is 10.3. The van der Waals surface area contributed by atoms with Crippen molar-refractivity contribution in [1.29, 1.82) is 0 Å². The third-order valence-electron chi connectivity index (χ3n) is 4.90. The van der Waals surface area contributed by atoms with Crippen molar-refractivity contribution in [1.82, 2.24) is 10.6 Å². The van der Waals surface area contributed by atoms with Gasteiger partial charge in [0.2, 0.25) is 5.91 Å². The van der Waals surface area contributed by atoms with E-state index in [-0.39, 0.29) is 37.6 Å². The first-order valence-corrected chi connectivity index (χ1v) is 10.7. The van der Waals surface area contributed by atoms with E-state index in [4.69, 9.17) is 9.84 Å². The normalized spacial score (nSPS) is 13.4. The van der Waals surface area contributed by atoms with E-state index in [0.717, 1.165) is 0 Å². The van der Waals surface area contributed by atoms with Crippen LogP contribution in [0.4, 0.5) is 0 Å². The number of aliphatic hydroxyl groups excluding tert-OH is 2. The van der Waals surface area contributed by atoms with Gasteiger partial charge >= 0.3 is 5.97 Å². The molecule has 0 saturated heterocycles. The van der Waals surface area contributed by atoms with Crippen molar-refractivity contribution >= 4 is 17.8 Å². The van der Waals surface area contributed by atoms with Gasteiger partial charge in [-0.25, -0.2) is 4.79 Å². The highest BCUT2D eigenvalue weighted by Gasteiger charge is 2.19. The van der Waals surface area contributed by atoms with Gasteiger partial charge in [0.05, 0.1) is 6.10 Å². The average Bonchev–Trinajstić information content (AvgIpc) is 2.79. The minimum atomic E-state index is -1.51. The number of hydrogen-bond donors (Lipinski definition) is 5. The summed E-state index contributed by atoms with van der Waals surface area (Å²) < 4.78 is 5.73. The maximum absolute atomic E-state index is 12.5. The maximum atomic E-state index is 12.5. The molecule has 9 heteroatoms. The first-order chi connectivity index (χ1) is 15.7. The Morgan fingerprint density at radius 1 is 0.909 bits per heavy atom. The molecule has 2 aromatic rings. The number of rotatable bonds is 13. The predicted molar refractivity (Wildman–Crippen MR) is 121 cm³/mol. The van der Waals surface area contributed by atoms with Crippen LogP contribution in [-0.4, -0.2) is 57.9 Å². The highest BCUT2D eigenvalue weighted by molar-refractivity contribution is 5.94. The second-order valence-electron chi connectivity index (χ2n) is 7.71. The summed E-state index contributed by atoms with van der Waals surface area (Å²) in [7, 11) is 0. The van der Waals surface area contributed by atoms with Gasteiger partial charge in [0, 0.05) is 25.1 Å². The first-order valence-electron chi connectivity index (χ1n) is 10.7. The van der Waals surface area contributed by atoms with E-state index in [0.29, 0.717) is 23.5 Å². The third kappa shape index (κ3) is 9.71. The van der Waals surface area contributed by atoms with Gasteiger partial charge in [-0.3, -0.25) is 9.59 Å². The number of carboxylic acids is 1. The zero-order valence-electron chi connectivity index (χ0n) is 18.4. The molecule has 3 unspecified atom stereocenters. The van der Waals surface area contributed by atoms with Crippen LogP contribution in [0.2, 0.25) is 0 Å². The third-order valence-corrected chi connectivity index (χ3v) is 4.90. The Morgan fingerprint density at radius 2 is 1.58 bits per heavy atom. The molecule has 0 heterocycles. The summed E-state index contributed by atoms with van der Waals surface area (Å²) in [6.45, 7) is 1.35. The molecule has 9 nitrogen and oxygen atoms in total. The largest absolute Gasteiger partial charge is 0.479 e. The molecule has 5 N–H and O–H groups in total. The van der Waals surface area contributed by atoms with Gasteiger partial charge in [-0.2, -0.15) is 0 Å². The monoisotopic (exact) mass is 458 g/mol. The molecule has 0 bridgehead atoms. The summed E-state index contributed by atoms with van der Waals surface area (Å²) in [6.07, 6.45) is -1.51. The highest BCUT2D eigenvalue weighted by Crippen LogP contribution is 2.21. The van der Waals surface area contributed by atoms with Crippen LogP contribution in [0.3, 0.4) is 0 Å². The molecule has 0 aliphatic heterocycles. The van der Waals surface area contributed by atoms with Crippen LogP contribution in [0.15, 0.2) is 54.6 Å². The van der Waals surface area contributed by atoms with E-state index in [1.165, 1.54) is 6.92 Å². The smallest absolute Gasteiger partial charge is 0.332 e. The maximum Gasteiger partial charge on any atom is 0.332 e. The predicted octanol–water partition coefficient (Wildman–Crippen LogP) is 2.08. The summed E-state index contributed by atoms with van der Waals surface area (Å²) >= 11 is 0. The van der Waals surface area contributed by atoms with Gasteiger partial charge < -0.3 is 30.7 Å². The Morgan fingerprint density at radius 3 is 2.24 bits per heavy atom. The van der Waals surface area contributed by atoms with Gasteiger partial charge in [0.15, 0.2) is 6.10 Å². The van der Waals surface area contributed by atoms with Crippen molar-refractivity contribution in [3.63, 3.8) is 0 Å². The summed E-state index contributed by atoms with van der Waals surface area (Å²) in [5.74, 6) is -0.815. The van der Waals surface area contributed by atoms with Crippen LogP contribution in [0.5, 0.6) is 11.5 Å². The van der Waals surface area contributed by atoms with Gasteiger partial charge in [-0.1, -0.05) is 24.3 Å². The molecule has 0 aliphatic carbocycles. The number of aliphatic carboxylic acids is 1. The van der Waals surface area contributed by atoms with E-state index < -0.39 is 24.2 Å². The van der Waals surface area contributed by atoms with Crippen molar-refractivity contribution in [2.24, 2.45) is 0 Å². The molecule has 0 spiro atoms. The fraction of sp³-hybridized carbons (Fsp3) is 0.375. The lowest BCUT2D eigenvalue weighted by atomic mass is 10.0. The van der Waals surface area contributed by atoms with Gasteiger partial charge in [0.25, 0.3) is 5.91 Å². The minimum Gasteiger partial charge on any atom is -0.479 e. The second kappa shape index (κ2) is 13.2. The molecule has 33 heavy (non-hydrogen) atoms. The average molecular weight is 459 g/mol. The molecule has 0 aromatic heterocycles. The quantitative estimate of drug-likeness (QED) is 0.309. The first kappa shape index (κ1) is 25.8. The molecule has 178 valence electrons. The van der Waals surface area contributed by atoms with Crippen LogP contribution in [-0.2, 0) is 9.59 Å². The number of carbonyl (C=O) groups is 3. The molecule has 0 aliphatic rings. The SMILES string of the molecule is CC(=O)NC(CCC(O)CNC(=O)c1cccc(Oc2ccccc2)c1)CCC(O)C(=O)O. The number of hydrogen-bond acceptors (Lipinski definition) is 6. The molecule has 2 aromatic carbocycles. The Hall–Kier alpha value is -3.43. The van der Waals surface area contributed by atoms with E-state index in [2.05, 4.69) is 10.6 Å². The molecule has 0 radical (unpaired) electrons. The zero-order chi connectivity index (χ0) is 24.2. The van der Waals surface area contributed by atoms with Crippen molar-refractivity contribution < 1.29 is 34.4 Å². The van der Waals surface area contributed by atoms with Crippen molar-refractivity contribution in [2.45, 2.75) is 50.9 Å². The summed E-state index contributed by atoms with van der Waals surface area (Å²) in [6, 6.07) is 15.5. The number of para-hydroxylation sites is 1. The Bertz CT molecular complexity index is 920. The molecular weight excluding hydrogens is 428 g/mol. The van der Waals surface area contributed by atoms with Crippen LogP contribution in [0.1, 0.15) is 43.0 Å². The van der Waals surface area contributed by atoms with Gasteiger partial charge in [-0.15, -0.1) is 0 Å². The van der Waals surface area contributed by atoms with Gasteiger partial charge in [-0.05, 0) is 56.0 Å². The molecule has 0 saturated carbocycles. The van der Waals surface area contributed by atoms with Crippen LogP contribution >= 0.6 is 0 Å². The summed E-state index contributed by atoms with van der Waals surface area (Å²) in [5.41, 5.74) is 0.384. The van der Waals surface area contributed by atoms with Crippen molar-refractivity contribution in [2.75, 3.05) is 6.54 Å². The van der Waals surface area contributed by atoms with E-state index in [1.807, 2.05) is 18.2 Å². The number of nitrogens with one attached hydrogen (secondary N) is 2. The number of amides is 2. The van der Waals surface area contributed by atoms with Crippen molar-refractivity contribution in [3.05, 3.63) is 60.2 Å². The number of aliphatic hydroxyl groups is 2. The summed E-state index contributed by atoms with van der Waals surface area (Å²) in [4.78, 5) is 34.6. The fourth-order valence-corrected chi connectivity index (χ4v) is 3.19. The Labute approximate surface area is 192 Å². The number of carbonyl (C=O) groups excluding carboxylic acids is 2. The van der Waals surface area contributed by atoms with E-state index in [1.54, 1.807) is 36.4 Å². The lowest BCUT2D eigenvalue weighted by Crippen LogP contribution is -2.37. The van der Waals surface area contributed by atoms with Gasteiger partial charge in [0.1, 0.15) is 11.5 Å². The fourth-order valence-electron chi connectivity index (χ4n) is 3.19. The second-order valence-corrected chi connectivity index (χ2v) is 7.71. The zero-order valence-corrected chi connectivity index (χ0v) is 18.4. The van der Waals surface area contributed by atoms with Crippen LogP contribution in [0.25, 0.3) is 0 Å². The molecule has 2 rings (SSSR count). The van der Waals surface area contributed by atoms with E-state index >= 15 is 0 Å². The minimum absolute atomic E-state index is 0.00709. The lowest BCUT2D eigenvalue weighted by Gasteiger charge is -2.20. The molecule has 3 atom stereocenters.